The molecule has 2 atom stereocenters. The van der Waals surface area contributed by atoms with Crippen LogP contribution in [0.5, 0.6) is 0 Å². The zero-order valence-electron chi connectivity index (χ0n) is 11.6. The Morgan fingerprint density at radius 2 is 2.30 bits per heavy atom. The summed E-state index contributed by atoms with van der Waals surface area (Å²) in [6, 6.07) is 0.199. The van der Waals surface area contributed by atoms with Gasteiger partial charge in [0.2, 0.25) is 0 Å². The Hall–Kier alpha value is -1.34. The molecule has 0 spiro atoms. The van der Waals surface area contributed by atoms with E-state index in [0.29, 0.717) is 29.0 Å². The third-order valence-electron chi connectivity index (χ3n) is 4.05. The van der Waals surface area contributed by atoms with Gasteiger partial charge in [0, 0.05) is 13.6 Å². The predicted octanol–water partition coefficient (Wildman–Crippen LogP) is 1.55. The van der Waals surface area contributed by atoms with Gasteiger partial charge in [-0.2, -0.15) is 0 Å². The summed E-state index contributed by atoms with van der Waals surface area (Å²) in [5, 5.41) is 3.61. The number of nitrogens with zero attached hydrogens (tertiary/aromatic N) is 2. The molecule has 1 aromatic rings. The molecule has 1 saturated heterocycles. The molecule has 3 rings (SSSR count). The average molecular weight is 296 g/mol. The van der Waals surface area contributed by atoms with Gasteiger partial charge in [0.05, 0.1) is 18.8 Å². The SMILES string of the molecule is CNc1nc(N)c(C(=O)N2CCOC3CCCCC32)s1. The molecule has 1 amide bonds. The van der Waals surface area contributed by atoms with Gasteiger partial charge in [-0.3, -0.25) is 4.79 Å². The Labute approximate surface area is 122 Å². The summed E-state index contributed by atoms with van der Waals surface area (Å²) in [5.41, 5.74) is 5.87. The minimum atomic E-state index is 0.00157. The first-order valence-corrected chi connectivity index (χ1v) is 7.89. The number of hydrogen-bond acceptors (Lipinski definition) is 6. The van der Waals surface area contributed by atoms with E-state index < -0.39 is 0 Å². The highest BCUT2D eigenvalue weighted by Crippen LogP contribution is 2.32. The highest BCUT2D eigenvalue weighted by Gasteiger charge is 2.38. The number of nitrogens with one attached hydrogen (secondary N) is 1. The molecule has 1 aromatic heterocycles. The van der Waals surface area contributed by atoms with Gasteiger partial charge >= 0.3 is 0 Å². The first-order valence-electron chi connectivity index (χ1n) is 7.07. The first kappa shape index (κ1) is 13.6. The fourth-order valence-electron chi connectivity index (χ4n) is 3.07. The van der Waals surface area contributed by atoms with Gasteiger partial charge in [0.1, 0.15) is 10.7 Å². The van der Waals surface area contributed by atoms with Crippen molar-refractivity contribution in [1.82, 2.24) is 9.88 Å². The zero-order chi connectivity index (χ0) is 14.1. The summed E-state index contributed by atoms with van der Waals surface area (Å²) in [7, 11) is 1.78. The Kier molecular flexibility index (Phi) is 3.80. The van der Waals surface area contributed by atoms with Crippen LogP contribution < -0.4 is 11.1 Å². The van der Waals surface area contributed by atoms with E-state index in [4.69, 9.17) is 10.5 Å². The summed E-state index contributed by atoms with van der Waals surface area (Å²) in [4.78, 5) is 19.4. The molecule has 1 aliphatic heterocycles. The molecule has 2 aliphatic rings. The maximum Gasteiger partial charge on any atom is 0.268 e. The predicted molar refractivity (Wildman–Crippen MR) is 79.1 cm³/mol. The number of aromatic nitrogens is 1. The number of nitrogen functional groups attached to an aromatic ring is 1. The number of thiazole rings is 1. The number of hydrogen-bond donors (Lipinski definition) is 2. The summed E-state index contributed by atoms with van der Waals surface area (Å²) in [6.07, 6.45) is 4.62. The minimum absolute atomic E-state index is 0.00157. The largest absolute Gasteiger partial charge is 0.382 e. The summed E-state index contributed by atoms with van der Waals surface area (Å²) in [6.45, 7) is 1.26. The maximum atomic E-state index is 12.7. The van der Waals surface area contributed by atoms with Crippen LogP contribution in [0.3, 0.4) is 0 Å². The topological polar surface area (TPSA) is 80.5 Å². The summed E-state index contributed by atoms with van der Waals surface area (Å²) < 4.78 is 5.81. The number of rotatable bonds is 2. The number of amides is 1. The molecule has 110 valence electrons. The summed E-state index contributed by atoms with van der Waals surface area (Å²) >= 11 is 1.32. The van der Waals surface area contributed by atoms with Crippen molar-refractivity contribution in [2.45, 2.75) is 37.8 Å². The molecule has 6 nitrogen and oxygen atoms in total. The third kappa shape index (κ3) is 2.35. The van der Waals surface area contributed by atoms with E-state index in [0.717, 1.165) is 19.3 Å². The van der Waals surface area contributed by atoms with Crippen LogP contribution >= 0.6 is 11.3 Å². The van der Waals surface area contributed by atoms with Crippen LogP contribution in [0.2, 0.25) is 0 Å². The fourth-order valence-corrected chi connectivity index (χ4v) is 3.87. The monoisotopic (exact) mass is 296 g/mol. The van der Waals surface area contributed by atoms with Gasteiger partial charge in [0.25, 0.3) is 5.91 Å². The van der Waals surface area contributed by atoms with E-state index in [2.05, 4.69) is 10.3 Å². The second kappa shape index (κ2) is 5.57. The number of fused-ring (bicyclic) bond motifs is 1. The fraction of sp³-hybridized carbons (Fsp3) is 0.692. The van der Waals surface area contributed by atoms with Crippen molar-refractivity contribution >= 4 is 28.2 Å². The van der Waals surface area contributed by atoms with Crippen molar-refractivity contribution in [3.63, 3.8) is 0 Å². The standard InChI is InChI=1S/C13H20N4O2S/c1-15-13-16-11(14)10(20-13)12(18)17-6-7-19-9-5-3-2-4-8(9)17/h8-9H,2-7,14H2,1H3,(H,15,16). The van der Waals surface area contributed by atoms with E-state index in [1.807, 2.05) is 4.90 Å². The number of morpholine rings is 1. The lowest BCUT2D eigenvalue weighted by atomic mass is 9.90. The van der Waals surface area contributed by atoms with Gasteiger partial charge < -0.3 is 20.7 Å². The number of ether oxygens (including phenoxy) is 1. The second-order valence-electron chi connectivity index (χ2n) is 5.24. The lowest BCUT2D eigenvalue weighted by Crippen LogP contribution is -2.54. The molecule has 1 saturated carbocycles. The molecule has 0 aromatic carbocycles. The van der Waals surface area contributed by atoms with E-state index >= 15 is 0 Å². The Balaban J connectivity index is 1.83. The number of nitrogens with two attached hydrogens (primary N) is 1. The van der Waals surface area contributed by atoms with E-state index in [-0.39, 0.29) is 18.1 Å². The van der Waals surface area contributed by atoms with Crippen molar-refractivity contribution in [3.8, 4) is 0 Å². The smallest absolute Gasteiger partial charge is 0.268 e. The molecule has 0 radical (unpaired) electrons. The van der Waals surface area contributed by atoms with Crippen molar-refractivity contribution in [3.05, 3.63) is 4.88 Å². The molecular weight excluding hydrogens is 276 g/mol. The number of anilines is 2. The third-order valence-corrected chi connectivity index (χ3v) is 5.13. The molecule has 1 aliphatic carbocycles. The van der Waals surface area contributed by atoms with Crippen molar-refractivity contribution in [1.29, 1.82) is 0 Å². The minimum Gasteiger partial charge on any atom is -0.382 e. The van der Waals surface area contributed by atoms with Crippen LogP contribution in [0.15, 0.2) is 0 Å². The molecule has 2 fully saturated rings. The van der Waals surface area contributed by atoms with Crippen LogP contribution in [-0.4, -0.2) is 48.1 Å². The second-order valence-corrected chi connectivity index (χ2v) is 6.24. The van der Waals surface area contributed by atoms with Crippen molar-refractivity contribution < 1.29 is 9.53 Å². The maximum absolute atomic E-state index is 12.7. The lowest BCUT2D eigenvalue weighted by molar-refractivity contribution is -0.0751. The molecule has 2 unspecified atom stereocenters. The number of carbonyl (C=O) groups is 1. The molecule has 20 heavy (non-hydrogen) atoms. The van der Waals surface area contributed by atoms with Crippen LogP contribution in [0.1, 0.15) is 35.4 Å². The van der Waals surface area contributed by atoms with Gasteiger partial charge in [0.15, 0.2) is 5.13 Å². The van der Waals surface area contributed by atoms with Crippen molar-refractivity contribution in [2.24, 2.45) is 0 Å². The van der Waals surface area contributed by atoms with Crippen LogP contribution in [-0.2, 0) is 4.74 Å². The van der Waals surface area contributed by atoms with Gasteiger partial charge in [-0.25, -0.2) is 4.98 Å². The van der Waals surface area contributed by atoms with Gasteiger partial charge in [-0.05, 0) is 12.8 Å². The first-order chi connectivity index (χ1) is 9.70. The Bertz CT molecular complexity index is 503. The van der Waals surface area contributed by atoms with Crippen LogP contribution in [0.4, 0.5) is 10.9 Å². The molecule has 7 heteroatoms. The van der Waals surface area contributed by atoms with E-state index in [9.17, 15) is 4.79 Å². The normalized spacial score (nSPS) is 26.1. The summed E-state index contributed by atoms with van der Waals surface area (Å²) in [5.74, 6) is 0.324. The van der Waals surface area contributed by atoms with Crippen LogP contribution in [0, 0.1) is 0 Å². The van der Waals surface area contributed by atoms with Gasteiger partial charge in [-0.15, -0.1) is 0 Å². The molecule has 3 N–H and O–H groups in total. The molecular formula is C13H20N4O2S. The lowest BCUT2D eigenvalue weighted by Gasteiger charge is -2.43. The highest BCUT2D eigenvalue weighted by molar-refractivity contribution is 7.18. The molecule has 2 heterocycles. The quantitative estimate of drug-likeness (QED) is 0.865. The van der Waals surface area contributed by atoms with Gasteiger partial charge in [-0.1, -0.05) is 24.2 Å². The van der Waals surface area contributed by atoms with Crippen LogP contribution in [0.25, 0.3) is 0 Å². The molecule has 0 bridgehead atoms. The van der Waals surface area contributed by atoms with E-state index in [1.165, 1.54) is 17.8 Å². The Morgan fingerprint density at radius 3 is 3.05 bits per heavy atom. The van der Waals surface area contributed by atoms with E-state index in [1.54, 1.807) is 7.05 Å². The van der Waals surface area contributed by atoms with Crippen molar-refractivity contribution in [2.75, 3.05) is 31.2 Å². The highest BCUT2D eigenvalue weighted by atomic mass is 32.1. The average Bonchev–Trinajstić information content (AvgIpc) is 2.87. The Morgan fingerprint density at radius 1 is 1.50 bits per heavy atom. The zero-order valence-corrected chi connectivity index (χ0v) is 12.4. The number of carbonyl (C=O) groups excluding carboxylic acids is 1.